The lowest BCUT2D eigenvalue weighted by Crippen LogP contribution is -2.33. The molecule has 0 radical (unpaired) electrons. The number of nitrogens with zero attached hydrogens (tertiary/aromatic N) is 8. The van der Waals surface area contributed by atoms with E-state index in [1.807, 2.05) is 31.4 Å². The maximum atomic E-state index is 13.1. The van der Waals surface area contributed by atoms with E-state index >= 15 is 0 Å². The van der Waals surface area contributed by atoms with E-state index < -0.39 is 12.7 Å². The fourth-order valence-corrected chi connectivity index (χ4v) is 4.20. The third-order valence-corrected chi connectivity index (χ3v) is 5.92. The number of imidazole rings is 1. The van der Waals surface area contributed by atoms with E-state index in [1.165, 1.54) is 6.33 Å². The van der Waals surface area contributed by atoms with Crippen molar-refractivity contribution in [2.24, 2.45) is 7.05 Å². The Balaban J connectivity index is 1.57. The molecule has 0 saturated carbocycles. The zero-order valence-electron chi connectivity index (χ0n) is 19.1. The van der Waals surface area contributed by atoms with Gasteiger partial charge in [0.05, 0.1) is 19.1 Å². The van der Waals surface area contributed by atoms with Crippen LogP contribution in [0.1, 0.15) is 30.1 Å². The van der Waals surface area contributed by atoms with Gasteiger partial charge in [-0.3, -0.25) is 9.58 Å². The van der Waals surface area contributed by atoms with Crippen LogP contribution in [0.3, 0.4) is 0 Å². The normalized spacial score (nSPS) is 16.1. The summed E-state index contributed by atoms with van der Waals surface area (Å²) in [6.07, 6.45) is 2.38. The van der Waals surface area contributed by atoms with Crippen LogP contribution in [0.15, 0.2) is 18.7 Å². The molecule has 0 spiro atoms. The van der Waals surface area contributed by atoms with Crippen molar-refractivity contribution >= 4 is 17.0 Å². The molecule has 3 aromatic heterocycles. The van der Waals surface area contributed by atoms with Crippen molar-refractivity contribution < 1.29 is 17.9 Å². The number of aromatic nitrogens is 6. The highest BCUT2D eigenvalue weighted by Gasteiger charge is 2.31. The molecule has 0 atom stereocenters. The monoisotopic (exact) mass is 466 g/mol. The lowest BCUT2D eigenvalue weighted by molar-refractivity contribution is -0.140. The zero-order valence-corrected chi connectivity index (χ0v) is 19.1. The maximum Gasteiger partial charge on any atom is 0.406 e. The number of fused-ring (bicyclic) bond motifs is 1. The average Bonchev–Trinajstić information content (AvgIpc) is 3.36. The highest BCUT2D eigenvalue weighted by Crippen LogP contribution is 2.31. The van der Waals surface area contributed by atoms with Crippen molar-refractivity contribution in [3.63, 3.8) is 0 Å². The van der Waals surface area contributed by atoms with Gasteiger partial charge in [-0.2, -0.15) is 18.3 Å². The van der Waals surface area contributed by atoms with Crippen LogP contribution in [0.25, 0.3) is 11.2 Å². The Kier molecular flexibility index (Phi) is 6.84. The predicted molar refractivity (Wildman–Crippen MR) is 117 cm³/mol. The third-order valence-electron chi connectivity index (χ3n) is 5.92. The standard InChI is InChI=1S/C21H29F3N8O/c1-29(8-9-33-3)19-17-20(32(14-25-17)13-21(22,23)24)28-18(27-19)16-4-6-31(7-5-16)12-15-10-26-30(2)11-15/h10-11,14,16H,4-9,12-13H2,1-3H3. The van der Waals surface area contributed by atoms with Crippen LogP contribution >= 0.6 is 0 Å². The lowest BCUT2D eigenvalue weighted by Gasteiger charge is -2.31. The Labute approximate surface area is 190 Å². The number of anilines is 1. The number of rotatable bonds is 8. The van der Waals surface area contributed by atoms with E-state index in [9.17, 15) is 13.2 Å². The molecule has 1 aliphatic rings. The van der Waals surface area contributed by atoms with E-state index in [0.29, 0.717) is 30.3 Å². The first-order valence-corrected chi connectivity index (χ1v) is 10.9. The first-order chi connectivity index (χ1) is 15.7. The van der Waals surface area contributed by atoms with E-state index in [-0.39, 0.29) is 11.6 Å². The average molecular weight is 467 g/mol. The van der Waals surface area contributed by atoms with Crippen molar-refractivity contribution in [2.75, 3.05) is 45.3 Å². The summed E-state index contributed by atoms with van der Waals surface area (Å²) in [5, 5.41) is 4.22. The molecule has 4 rings (SSSR count). The minimum atomic E-state index is -4.36. The van der Waals surface area contributed by atoms with Crippen LogP contribution in [-0.4, -0.2) is 80.8 Å². The summed E-state index contributed by atoms with van der Waals surface area (Å²) < 4.78 is 47.4. The number of hydrogen-bond donors (Lipinski definition) is 0. The number of likely N-dealkylation sites (tertiary alicyclic amines) is 1. The fourth-order valence-electron chi connectivity index (χ4n) is 4.20. The molecule has 9 nitrogen and oxygen atoms in total. The molecule has 12 heteroatoms. The number of methoxy groups -OCH3 is 1. The van der Waals surface area contributed by atoms with Crippen molar-refractivity contribution in [1.82, 2.24) is 34.2 Å². The van der Waals surface area contributed by atoms with Gasteiger partial charge in [0.2, 0.25) is 0 Å². The van der Waals surface area contributed by atoms with Gasteiger partial charge in [-0.15, -0.1) is 0 Å². The molecule has 1 aliphatic heterocycles. The van der Waals surface area contributed by atoms with Gasteiger partial charge in [0.15, 0.2) is 17.0 Å². The van der Waals surface area contributed by atoms with Gasteiger partial charge in [-0.25, -0.2) is 15.0 Å². The predicted octanol–water partition coefficient (Wildman–Crippen LogP) is 2.58. The summed E-state index contributed by atoms with van der Waals surface area (Å²) in [7, 11) is 5.34. The Morgan fingerprint density at radius 3 is 2.61 bits per heavy atom. The topological polar surface area (TPSA) is 77.1 Å². The molecule has 1 saturated heterocycles. The first-order valence-electron chi connectivity index (χ1n) is 10.9. The van der Waals surface area contributed by atoms with Crippen molar-refractivity contribution in [1.29, 1.82) is 0 Å². The molecular weight excluding hydrogens is 437 g/mol. The van der Waals surface area contributed by atoms with Crippen LogP contribution in [0, 0.1) is 0 Å². The number of hydrogen-bond acceptors (Lipinski definition) is 7. The number of aryl methyl sites for hydroxylation is 1. The minimum Gasteiger partial charge on any atom is -0.383 e. The SMILES string of the molecule is COCCN(C)c1nc(C2CCN(Cc3cnn(C)c3)CC2)nc2c1ncn2CC(F)(F)F. The molecule has 0 N–H and O–H groups in total. The van der Waals surface area contributed by atoms with Gasteiger partial charge in [0.1, 0.15) is 12.4 Å². The van der Waals surface area contributed by atoms with Gasteiger partial charge in [0.25, 0.3) is 0 Å². The summed E-state index contributed by atoms with van der Waals surface area (Å²) >= 11 is 0. The Hall–Kier alpha value is -2.73. The molecule has 0 bridgehead atoms. The van der Waals surface area contributed by atoms with Crippen LogP contribution in [0.2, 0.25) is 0 Å². The summed E-state index contributed by atoms with van der Waals surface area (Å²) in [6.45, 7) is 2.41. The second-order valence-corrected chi connectivity index (χ2v) is 8.55. The van der Waals surface area contributed by atoms with E-state index in [4.69, 9.17) is 9.72 Å². The lowest BCUT2D eigenvalue weighted by atomic mass is 9.95. The smallest absolute Gasteiger partial charge is 0.383 e. The quantitative estimate of drug-likeness (QED) is 0.505. The van der Waals surface area contributed by atoms with E-state index in [0.717, 1.165) is 42.6 Å². The molecule has 3 aromatic rings. The molecule has 180 valence electrons. The van der Waals surface area contributed by atoms with Gasteiger partial charge < -0.3 is 14.2 Å². The van der Waals surface area contributed by atoms with Gasteiger partial charge in [-0.1, -0.05) is 0 Å². The molecule has 0 amide bonds. The second kappa shape index (κ2) is 9.64. The minimum absolute atomic E-state index is 0.0726. The van der Waals surface area contributed by atoms with E-state index in [2.05, 4.69) is 20.0 Å². The zero-order chi connectivity index (χ0) is 23.6. The summed E-state index contributed by atoms with van der Waals surface area (Å²) in [6, 6.07) is 0. The summed E-state index contributed by atoms with van der Waals surface area (Å²) in [5.74, 6) is 1.18. The van der Waals surface area contributed by atoms with Crippen LogP contribution in [0.4, 0.5) is 19.0 Å². The highest BCUT2D eigenvalue weighted by atomic mass is 19.4. The molecular formula is C21H29F3N8O. The molecule has 1 fully saturated rings. The van der Waals surface area contributed by atoms with Gasteiger partial charge in [0, 0.05) is 52.0 Å². The van der Waals surface area contributed by atoms with Crippen LogP contribution < -0.4 is 4.90 Å². The third kappa shape index (κ3) is 5.61. The Morgan fingerprint density at radius 2 is 1.97 bits per heavy atom. The van der Waals surface area contributed by atoms with Crippen molar-refractivity contribution in [3.05, 3.63) is 30.1 Å². The van der Waals surface area contributed by atoms with Gasteiger partial charge in [-0.05, 0) is 25.9 Å². The number of piperidine rings is 1. The highest BCUT2D eigenvalue weighted by molar-refractivity contribution is 5.83. The number of likely N-dealkylation sites (N-methyl/N-ethyl adjacent to an activating group) is 1. The maximum absolute atomic E-state index is 13.1. The molecule has 0 unspecified atom stereocenters. The number of halogens is 3. The molecule has 0 aliphatic carbocycles. The molecule has 4 heterocycles. The second-order valence-electron chi connectivity index (χ2n) is 8.55. The number of ether oxygens (including phenoxy) is 1. The number of alkyl halides is 3. The van der Waals surface area contributed by atoms with Crippen molar-refractivity contribution in [2.45, 2.75) is 38.0 Å². The summed E-state index contributed by atoms with van der Waals surface area (Å²) in [5.41, 5.74) is 1.75. The Bertz CT molecular complexity index is 1070. The Morgan fingerprint density at radius 1 is 1.21 bits per heavy atom. The first kappa shape index (κ1) is 23.4. The van der Waals surface area contributed by atoms with Gasteiger partial charge >= 0.3 is 6.18 Å². The van der Waals surface area contributed by atoms with Crippen LogP contribution in [-0.2, 0) is 24.9 Å². The molecule has 33 heavy (non-hydrogen) atoms. The summed E-state index contributed by atoms with van der Waals surface area (Å²) in [4.78, 5) is 17.8. The van der Waals surface area contributed by atoms with E-state index in [1.54, 1.807) is 11.8 Å². The largest absolute Gasteiger partial charge is 0.406 e. The van der Waals surface area contributed by atoms with Crippen LogP contribution in [0.5, 0.6) is 0 Å². The fraction of sp³-hybridized carbons (Fsp3) is 0.619. The molecule has 0 aromatic carbocycles. The van der Waals surface area contributed by atoms with Crippen molar-refractivity contribution in [3.8, 4) is 0 Å².